The van der Waals surface area contributed by atoms with E-state index in [2.05, 4.69) is 0 Å². The minimum Gasteiger partial charge on any atom is -0.492 e. The van der Waals surface area contributed by atoms with Crippen LogP contribution in [0.5, 0.6) is 0 Å². The molecule has 0 radical (unpaired) electrons. The molecule has 124 valence electrons. The highest BCUT2D eigenvalue weighted by Crippen LogP contribution is 2.38. The fraction of sp³-hybridized carbons (Fsp3) is 0.412. The number of rotatable bonds is 5. The maximum Gasteiger partial charge on any atom is 0.176 e. The first-order chi connectivity index (χ1) is 10.7. The molecule has 2 rings (SSSR count). The van der Waals surface area contributed by atoms with Crippen molar-refractivity contribution in [3.05, 3.63) is 48.2 Å². The number of benzene rings is 1. The average molecular weight is 320 g/mol. The number of carbonyl (C=O) groups excluding carboxylic acids is 2. The van der Waals surface area contributed by atoms with E-state index >= 15 is 0 Å². The number of hydrogen-bond acceptors (Lipinski definition) is 6. The van der Waals surface area contributed by atoms with E-state index in [0.29, 0.717) is 5.56 Å². The summed E-state index contributed by atoms with van der Waals surface area (Å²) in [5.74, 6) is -1.35. The molecule has 0 aliphatic carbocycles. The predicted octanol–water partition coefficient (Wildman–Crippen LogP) is 0.143. The van der Waals surface area contributed by atoms with Gasteiger partial charge in [0.15, 0.2) is 29.4 Å². The number of hydrogen-bond donors (Lipinski definition) is 3. The van der Waals surface area contributed by atoms with Crippen molar-refractivity contribution in [2.24, 2.45) is 0 Å². The van der Waals surface area contributed by atoms with E-state index in [-0.39, 0.29) is 6.42 Å². The molecule has 1 aliphatic rings. The Balaban J connectivity index is 2.53. The van der Waals surface area contributed by atoms with Crippen LogP contribution in [0.4, 0.5) is 0 Å². The Bertz CT molecular complexity index is 625. The lowest BCUT2D eigenvalue weighted by atomic mass is 9.69. The van der Waals surface area contributed by atoms with Gasteiger partial charge in [-0.2, -0.15) is 0 Å². The Morgan fingerprint density at radius 1 is 1.22 bits per heavy atom. The second-order valence-electron chi connectivity index (χ2n) is 5.82. The lowest BCUT2D eigenvalue weighted by Gasteiger charge is -2.47. The highest BCUT2D eigenvalue weighted by atomic mass is 16.5. The van der Waals surface area contributed by atoms with Gasteiger partial charge in [0.2, 0.25) is 0 Å². The molecule has 6 nitrogen and oxygen atoms in total. The molecule has 3 N–H and O–H groups in total. The lowest BCUT2D eigenvalue weighted by molar-refractivity contribution is -0.215. The monoisotopic (exact) mass is 320 g/mol. The lowest BCUT2D eigenvalue weighted by Crippen LogP contribution is -2.70. The summed E-state index contributed by atoms with van der Waals surface area (Å²) in [7, 11) is 0. The van der Waals surface area contributed by atoms with E-state index in [0.717, 1.165) is 26.2 Å². The van der Waals surface area contributed by atoms with Gasteiger partial charge in [-0.15, -0.1) is 0 Å². The van der Waals surface area contributed by atoms with Crippen molar-refractivity contribution < 1.29 is 29.6 Å². The number of ketones is 2. The van der Waals surface area contributed by atoms with Crippen LogP contribution < -0.4 is 0 Å². The van der Waals surface area contributed by atoms with E-state index in [4.69, 9.17) is 4.74 Å². The normalized spacial score (nSPS) is 31.3. The summed E-state index contributed by atoms with van der Waals surface area (Å²) in [5, 5.41) is 32.0. The van der Waals surface area contributed by atoms with Crippen molar-refractivity contribution in [2.45, 2.75) is 43.7 Å². The summed E-state index contributed by atoms with van der Waals surface area (Å²) in [4.78, 5) is 23.5. The molecule has 0 saturated carbocycles. The Hall–Kier alpha value is -2.02. The third-order valence-corrected chi connectivity index (χ3v) is 4.22. The van der Waals surface area contributed by atoms with Crippen LogP contribution in [0.2, 0.25) is 0 Å². The van der Waals surface area contributed by atoms with E-state index in [1.807, 2.05) is 0 Å². The minimum atomic E-state index is -2.28. The number of carbonyl (C=O) groups is 2. The second kappa shape index (κ2) is 6.23. The van der Waals surface area contributed by atoms with Crippen molar-refractivity contribution in [2.75, 3.05) is 0 Å². The fourth-order valence-corrected chi connectivity index (χ4v) is 2.81. The Kier molecular flexibility index (Phi) is 4.70. The highest BCUT2D eigenvalue weighted by Gasteiger charge is 2.61. The summed E-state index contributed by atoms with van der Waals surface area (Å²) in [5.41, 5.74) is -3.85. The van der Waals surface area contributed by atoms with Crippen LogP contribution in [-0.4, -0.2) is 50.3 Å². The van der Waals surface area contributed by atoms with E-state index < -0.39 is 35.0 Å². The average Bonchev–Trinajstić information content (AvgIpc) is 2.50. The largest absolute Gasteiger partial charge is 0.492 e. The van der Waals surface area contributed by atoms with E-state index in [9.17, 15) is 24.9 Å². The van der Waals surface area contributed by atoms with Crippen molar-refractivity contribution in [3.63, 3.8) is 0 Å². The molecule has 1 heterocycles. The van der Waals surface area contributed by atoms with Gasteiger partial charge < -0.3 is 20.1 Å². The van der Waals surface area contributed by atoms with E-state index in [1.54, 1.807) is 30.3 Å². The first-order valence-corrected chi connectivity index (χ1v) is 7.24. The zero-order chi connectivity index (χ0) is 17.3. The number of aliphatic hydroxyl groups is 3. The van der Waals surface area contributed by atoms with Crippen LogP contribution in [0.25, 0.3) is 0 Å². The van der Waals surface area contributed by atoms with Gasteiger partial charge in [-0.1, -0.05) is 30.3 Å². The molecule has 0 aromatic heterocycles. The zero-order valence-electron chi connectivity index (χ0n) is 13.0. The zero-order valence-corrected chi connectivity index (χ0v) is 13.0. The first-order valence-electron chi connectivity index (χ1n) is 7.24. The highest BCUT2D eigenvalue weighted by molar-refractivity contribution is 5.89. The predicted molar refractivity (Wildman–Crippen MR) is 81.4 cm³/mol. The molecule has 0 bridgehead atoms. The first kappa shape index (κ1) is 17.3. The molecule has 0 spiro atoms. The van der Waals surface area contributed by atoms with Gasteiger partial charge in [-0.25, -0.2) is 0 Å². The van der Waals surface area contributed by atoms with Gasteiger partial charge >= 0.3 is 0 Å². The Labute approximate surface area is 134 Å². The molecular formula is C17H20O6. The van der Waals surface area contributed by atoms with Crippen LogP contribution in [-0.2, 0) is 20.7 Å². The minimum absolute atomic E-state index is 0.177. The van der Waals surface area contributed by atoms with Gasteiger partial charge in [0.25, 0.3) is 0 Å². The Morgan fingerprint density at radius 3 is 2.35 bits per heavy atom. The smallest absolute Gasteiger partial charge is 0.176 e. The number of ether oxygens (including phenoxy) is 1. The van der Waals surface area contributed by atoms with Gasteiger partial charge in [0.05, 0.1) is 6.26 Å². The van der Waals surface area contributed by atoms with Gasteiger partial charge in [0, 0.05) is 6.42 Å². The molecule has 23 heavy (non-hydrogen) atoms. The quantitative estimate of drug-likeness (QED) is 0.713. The third kappa shape index (κ3) is 2.93. The Morgan fingerprint density at radius 2 is 1.83 bits per heavy atom. The van der Waals surface area contributed by atoms with Crippen LogP contribution in [0.3, 0.4) is 0 Å². The van der Waals surface area contributed by atoms with Crippen molar-refractivity contribution >= 4 is 11.6 Å². The van der Waals surface area contributed by atoms with Crippen molar-refractivity contribution in [1.29, 1.82) is 0 Å². The van der Waals surface area contributed by atoms with E-state index in [1.165, 1.54) is 0 Å². The fourth-order valence-electron chi connectivity index (χ4n) is 2.81. The van der Waals surface area contributed by atoms with Crippen molar-refractivity contribution in [3.8, 4) is 0 Å². The molecule has 4 atom stereocenters. The molecule has 1 aromatic rings. The molecular weight excluding hydrogens is 300 g/mol. The molecule has 0 amide bonds. The van der Waals surface area contributed by atoms with Crippen molar-refractivity contribution in [1.82, 2.24) is 0 Å². The third-order valence-electron chi connectivity index (χ3n) is 4.22. The van der Waals surface area contributed by atoms with Gasteiger partial charge in [0.1, 0.15) is 5.60 Å². The van der Waals surface area contributed by atoms with Crippen LogP contribution in [0.1, 0.15) is 19.4 Å². The molecule has 1 aliphatic heterocycles. The van der Waals surface area contributed by atoms with Gasteiger partial charge in [-0.3, -0.25) is 9.59 Å². The maximum absolute atomic E-state index is 12.0. The molecule has 1 aromatic carbocycles. The standard InChI is InChI=1S/C17H20O6/c1-11(18)14(20)15-17(22,10-13-6-4-3-5-7-13)16(21,12(2)19)8-9-23-15/h3-9,14-15,20-22H,10H2,1-2H3/t14?,15-,16+,17-/m1/s1. The molecule has 6 heteroatoms. The van der Waals surface area contributed by atoms with Gasteiger partial charge in [-0.05, 0) is 25.5 Å². The summed E-state index contributed by atoms with van der Waals surface area (Å²) < 4.78 is 5.22. The second-order valence-corrected chi connectivity index (χ2v) is 5.82. The van der Waals surface area contributed by atoms with Crippen LogP contribution in [0, 0.1) is 0 Å². The number of Topliss-reactive ketones (excluding diaryl/α,β-unsaturated/α-hetero) is 2. The summed E-state index contributed by atoms with van der Waals surface area (Å²) in [6.07, 6.45) is -1.26. The maximum atomic E-state index is 12.0. The molecule has 1 unspecified atom stereocenters. The molecule has 0 fully saturated rings. The molecule has 0 saturated heterocycles. The van der Waals surface area contributed by atoms with Crippen LogP contribution >= 0.6 is 0 Å². The van der Waals surface area contributed by atoms with Crippen LogP contribution in [0.15, 0.2) is 42.7 Å². The summed E-state index contributed by atoms with van der Waals surface area (Å²) in [6, 6.07) is 8.66. The SMILES string of the molecule is CC(=O)C(O)[C@H]1OC=C[C@](O)(C(C)=O)[C@@]1(O)Cc1ccccc1. The summed E-state index contributed by atoms with van der Waals surface area (Å²) in [6.45, 7) is 2.27. The summed E-state index contributed by atoms with van der Waals surface area (Å²) >= 11 is 0. The number of aliphatic hydroxyl groups excluding tert-OH is 1. The topological polar surface area (TPSA) is 104 Å².